The molecule has 2 aromatic carbocycles. The second-order valence-corrected chi connectivity index (χ2v) is 8.00. The van der Waals surface area contributed by atoms with Crippen LogP contribution in [0, 0.1) is 49.9 Å². The number of nitrogens with zero attached hydrogens (tertiary/aromatic N) is 3. The highest BCUT2D eigenvalue weighted by atomic mass is 19.2. The summed E-state index contributed by atoms with van der Waals surface area (Å²) in [6.45, 7) is 4.64. The van der Waals surface area contributed by atoms with Crippen molar-refractivity contribution in [3.05, 3.63) is 93.4 Å². The van der Waals surface area contributed by atoms with E-state index >= 15 is 0 Å². The maximum Gasteiger partial charge on any atom is 0.278 e. The number of amides is 1. The smallest absolute Gasteiger partial charge is 0.278 e. The van der Waals surface area contributed by atoms with Gasteiger partial charge in [-0.3, -0.25) is 9.48 Å². The molecule has 0 fully saturated rings. The zero-order valence-electron chi connectivity index (χ0n) is 19.3. The molecule has 0 aliphatic rings. The molecule has 188 valence electrons. The van der Waals surface area contributed by atoms with E-state index in [0.717, 1.165) is 28.2 Å². The molecule has 0 saturated carbocycles. The molecule has 1 amide bonds. The van der Waals surface area contributed by atoms with Gasteiger partial charge in [0.1, 0.15) is 18.1 Å². The lowest BCUT2D eigenvalue weighted by atomic mass is 10.1. The van der Waals surface area contributed by atoms with Crippen LogP contribution in [0.1, 0.15) is 38.5 Å². The zero-order chi connectivity index (χ0) is 26.1. The number of benzene rings is 2. The van der Waals surface area contributed by atoms with E-state index in [-0.39, 0.29) is 18.0 Å². The summed E-state index contributed by atoms with van der Waals surface area (Å²) < 4.78 is 80.0. The average molecular weight is 506 g/mol. The molecule has 0 spiro atoms. The summed E-state index contributed by atoms with van der Waals surface area (Å²) in [5.74, 6) is -9.92. The van der Waals surface area contributed by atoms with E-state index in [1.165, 1.54) is 0 Å². The van der Waals surface area contributed by atoms with Gasteiger partial charge < -0.3 is 14.6 Å². The second-order valence-electron chi connectivity index (χ2n) is 8.00. The van der Waals surface area contributed by atoms with Gasteiger partial charge in [-0.25, -0.2) is 22.0 Å². The number of para-hydroxylation sites is 1. The lowest BCUT2D eigenvalue weighted by molar-refractivity contribution is 0.101. The second kappa shape index (κ2) is 9.80. The molecule has 0 saturated heterocycles. The first kappa shape index (κ1) is 24.9. The SMILES string of the molecule is Cc1cccc(C)c1OCc1c(C(=O)Nc2cnn(Cc3c(F)c(F)c(F)c(F)c3F)c2)noc1C. The maximum atomic E-state index is 14.0. The van der Waals surface area contributed by atoms with Gasteiger partial charge in [0, 0.05) is 6.20 Å². The number of anilines is 1. The largest absolute Gasteiger partial charge is 0.488 e. The Morgan fingerprint density at radius 1 is 0.972 bits per heavy atom. The van der Waals surface area contributed by atoms with Crippen LogP contribution in [0.25, 0.3) is 0 Å². The highest BCUT2D eigenvalue weighted by molar-refractivity contribution is 6.03. The fourth-order valence-electron chi connectivity index (χ4n) is 3.57. The normalized spacial score (nSPS) is 11.1. The van der Waals surface area contributed by atoms with Crippen LogP contribution >= 0.6 is 0 Å². The Labute approximate surface area is 201 Å². The van der Waals surface area contributed by atoms with Crippen LogP contribution in [0.5, 0.6) is 5.75 Å². The molecule has 0 bridgehead atoms. The van der Waals surface area contributed by atoms with Gasteiger partial charge in [0.25, 0.3) is 5.91 Å². The predicted octanol–water partition coefficient (Wildman–Crippen LogP) is 5.37. The third-order valence-electron chi connectivity index (χ3n) is 5.48. The van der Waals surface area contributed by atoms with Crippen LogP contribution in [0.15, 0.2) is 35.1 Å². The topological polar surface area (TPSA) is 82.2 Å². The standard InChI is InChI=1S/C24H19F5N4O3/c1-11-5-4-6-12(2)23(11)35-10-16-13(3)36-32-22(16)24(34)31-14-7-30-33(8-14)9-15-17(25)19(27)21(29)20(28)18(15)26/h4-8H,9-10H2,1-3H3,(H,31,34). The Bertz CT molecular complexity index is 1420. The predicted molar refractivity (Wildman–Crippen MR) is 117 cm³/mol. The Kier molecular flexibility index (Phi) is 6.77. The summed E-state index contributed by atoms with van der Waals surface area (Å²) in [6, 6.07) is 5.67. The summed E-state index contributed by atoms with van der Waals surface area (Å²) in [6.07, 6.45) is 2.31. The first-order chi connectivity index (χ1) is 17.1. The summed E-state index contributed by atoms with van der Waals surface area (Å²) in [5, 5.41) is 10.1. The minimum atomic E-state index is -2.25. The zero-order valence-corrected chi connectivity index (χ0v) is 19.3. The number of aromatic nitrogens is 3. The number of hydrogen-bond acceptors (Lipinski definition) is 5. The fourth-order valence-corrected chi connectivity index (χ4v) is 3.57. The highest BCUT2D eigenvalue weighted by Crippen LogP contribution is 2.26. The highest BCUT2D eigenvalue weighted by Gasteiger charge is 2.26. The minimum Gasteiger partial charge on any atom is -0.488 e. The van der Waals surface area contributed by atoms with Crippen LogP contribution in [0.4, 0.5) is 27.6 Å². The molecule has 36 heavy (non-hydrogen) atoms. The molecule has 4 aromatic rings. The molecule has 2 aromatic heterocycles. The lowest BCUT2D eigenvalue weighted by Gasteiger charge is -2.12. The molecule has 12 heteroatoms. The van der Waals surface area contributed by atoms with E-state index in [1.807, 2.05) is 32.0 Å². The van der Waals surface area contributed by atoms with E-state index in [9.17, 15) is 26.7 Å². The van der Waals surface area contributed by atoms with Crippen molar-refractivity contribution in [1.29, 1.82) is 0 Å². The third kappa shape index (κ3) is 4.66. The molecule has 0 atom stereocenters. The molecule has 0 aliphatic heterocycles. The number of carbonyl (C=O) groups is 1. The van der Waals surface area contributed by atoms with Crippen LogP contribution in [-0.4, -0.2) is 20.8 Å². The van der Waals surface area contributed by atoms with Crippen molar-refractivity contribution in [2.45, 2.75) is 33.9 Å². The Morgan fingerprint density at radius 3 is 2.22 bits per heavy atom. The number of hydrogen-bond donors (Lipinski definition) is 1. The maximum absolute atomic E-state index is 14.0. The van der Waals surface area contributed by atoms with E-state index in [1.54, 1.807) is 6.92 Å². The molecular formula is C24H19F5N4O3. The molecule has 1 N–H and O–H groups in total. The van der Waals surface area contributed by atoms with E-state index in [4.69, 9.17) is 9.26 Å². The van der Waals surface area contributed by atoms with Gasteiger partial charge in [-0.1, -0.05) is 23.4 Å². The Balaban J connectivity index is 1.49. The number of nitrogens with one attached hydrogen (secondary N) is 1. The number of ether oxygens (including phenoxy) is 1. The van der Waals surface area contributed by atoms with Crippen molar-refractivity contribution < 1.29 is 36.0 Å². The van der Waals surface area contributed by atoms with Crippen LogP contribution in [-0.2, 0) is 13.2 Å². The third-order valence-corrected chi connectivity index (χ3v) is 5.48. The molecule has 0 unspecified atom stereocenters. The molecule has 0 aliphatic carbocycles. The van der Waals surface area contributed by atoms with Crippen molar-refractivity contribution in [1.82, 2.24) is 14.9 Å². The summed E-state index contributed by atoms with van der Waals surface area (Å²) >= 11 is 0. The lowest BCUT2D eigenvalue weighted by Crippen LogP contribution is -2.15. The van der Waals surface area contributed by atoms with Crippen LogP contribution in [0.2, 0.25) is 0 Å². The summed E-state index contributed by atoms with van der Waals surface area (Å²) in [4.78, 5) is 12.8. The molecule has 0 radical (unpaired) electrons. The van der Waals surface area contributed by atoms with Crippen LogP contribution < -0.4 is 10.1 Å². The van der Waals surface area contributed by atoms with Gasteiger partial charge in [0.15, 0.2) is 29.0 Å². The molecular weight excluding hydrogens is 487 g/mol. The van der Waals surface area contributed by atoms with E-state index < -0.39 is 47.1 Å². The number of aryl methyl sites for hydroxylation is 3. The van der Waals surface area contributed by atoms with Gasteiger partial charge >= 0.3 is 0 Å². The van der Waals surface area contributed by atoms with Gasteiger partial charge in [-0.05, 0) is 31.9 Å². The van der Waals surface area contributed by atoms with Crippen molar-refractivity contribution in [3.8, 4) is 5.75 Å². The van der Waals surface area contributed by atoms with Gasteiger partial charge in [0.05, 0.1) is 29.6 Å². The Morgan fingerprint density at radius 2 is 1.58 bits per heavy atom. The summed E-state index contributed by atoms with van der Waals surface area (Å²) in [7, 11) is 0. The van der Waals surface area contributed by atoms with Gasteiger partial charge in [-0.15, -0.1) is 0 Å². The Hall–Kier alpha value is -4.22. The van der Waals surface area contributed by atoms with E-state index in [2.05, 4.69) is 15.6 Å². The molecule has 4 rings (SSSR count). The van der Waals surface area contributed by atoms with Crippen molar-refractivity contribution in [2.24, 2.45) is 0 Å². The van der Waals surface area contributed by atoms with Crippen molar-refractivity contribution >= 4 is 11.6 Å². The fraction of sp³-hybridized carbons (Fsp3) is 0.208. The van der Waals surface area contributed by atoms with E-state index in [0.29, 0.717) is 17.1 Å². The average Bonchev–Trinajstić information content (AvgIpc) is 3.45. The van der Waals surface area contributed by atoms with Crippen molar-refractivity contribution in [2.75, 3.05) is 5.32 Å². The van der Waals surface area contributed by atoms with Crippen LogP contribution in [0.3, 0.4) is 0 Å². The first-order valence-electron chi connectivity index (χ1n) is 10.6. The number of rotatable bonds is 7. The van der Waals surface area contributed by atoms with Gasteiger partial charge in [0.2, 0.25) is 5.82 Å². The number of carbonyl (C=O) groups excluding carboxylic acids is 1. The number of halogens is 5. The minimum absolute atomic E-state index is 0.00326. The first-order valence-corrected chi connectivity index (χ1v) is 10.6. The molecule has 7 nitrogen and oxygen atoms in total. The monoisotopic (exact) mass is 506 g/mol. The summed E-state index contributed by atoms with van der Waals surface area (Å²) in [5.41, 5.74) is 1.21. The molecule has 2 heterocycles. The van der Waals surface area contributed by atoms with Crippen molar-refractivity contribution in [3.63, 3.8) is 0 Å². The quantitative estimate of drug-likeness (QED) is 0.207. The van der Waals surface area contributed by atoms with Gasteiger partial charge in [-0.2, -0.15) is 5.10 Å².